The quantitative estimate of drug-likeness (QED) is 0.730. The van der Waals surface area contributed by atoms with Crippen LogP contribution in [0, 0.1) is 23.7 Å². The lowest BCUT2D eigenvalue weighted by Crippen LogP contribution is -2.18. The molecule has 0 amide bonds. The molecule has 0 aliphatic rings. The molecule has 0 aliphatic heterocycles. The standard InChI is InChI=1S/C14H11N3/c1-3-8-17(2)14-9-11(10-15)12-6-4-5-7-13(12)16-14/h1,4-7,9H,8H2,2H3. The Bertz CT molecular complexity index is 632. The molecule has 0 unspecified atom stereocenters. The summed E-state index contributed by atoms with van der Waals surface area (Å²) in [4.78, 5) is 6.32. The maximum atomic E-state index is 9.14. The first-order valence-electron chi connectivity index (χ1n) is 5.20. The van der Waals surface area contributed by atoms with Gasteiger partial charge in [0.1, 0.15) is 5.82 Å². The van der Waals surface area contributed by atoms with E-state index >= 15 is 0 Å². The molecule has 2 rings (SSSR count). The number of fused-ring (bicyclic) bond motifs is 1. The molecule has 0 bridgehead atoms. The van der Waals surface area contributed by atoms with Gasteiger partial charge < -0.3 is 4.90 Å². The van der Waals surface area contributed by atoms with Crippen molar-refractivity contribution in [1.29, 1.82) is 5.26 Å². The first kappa shape index (κ1) is 11.0. The van der Waals surface area contributed by atoms with Crippen LogP contribution in [0.15, 0.2) is 30.3 Å². The first-order valence-corrected chi connectivity index (χ1v) is 5.20. The Kier molecular flexibility index (Phi) is 2.94. The molecule has 0 spiro atoms. The SMILES string of the molecule is C#CCN(C)c1cc(C#N)c2ccccc2n1. The number of hydrogen-bond donors (Lipinski definition) is 0. The number of anilines is 1. The van der Waals surface area contributed by atoms with Gasteiger partial charge in [-0.25, -0.2) is 4.98 Å². The van der Waals surface area contributed by atoms with Gasteiger partial charge in [0.05, 0.1) is 23.7 Å². The second-order valence-corrected chi connectivity index (χ2v) is 3.72. The predicted octanol–water partition coefficient (Wildman–Crippen LogP) is 2.18. The van der Waals surface area contributed by atoms with E-state index in [0.717, 1.165) is 16.7 Å². The highest BCUT2D eigenvalue weighted by molar-refractivity contribution is 5.86. The average molecular weight is 221 g/mol. The number of para-hydroxylation sites is 1. The smallest absolute Gasteiger partial charge is 0.131 e. The van der Waals surface area contributed by atoms with E-state index in [1.165, 1.54) is 0 Å². The highest BCUT2D eigenvalue weighted by Crippen LogP contribution is 2.21. The van der Waals surface area contributed by atoms with E-state index in [0.29, 0.717) is 12.1 Å². The molecule has 82 valence electrons. The van der Waals surface area contributed by atoms with Crippen LogP contribution in [0.3, 0.4) is 0 Å². The van der Waals surface area contributed by atoms with Crippen LogP contribution in [0.1, 0.15) is 5.56 Å². The second-order valence-electron chi connectivity index (χ2n) is 3.72. The van der Waals surface area contributed by atoms with E-state index in [-0.39, 0.29) is 0 Å². The third kappa shape index (κ3) is 2.04. The number of aromatic nitrogens is 1. The lowest BCUT2D eigenvalue weighted by molar-refractivity contribution is 1.02. The van der Waals surface area contributed by atoms with Gasteiger partial charge >= 0.3 is 0 Å². The lowest BCUT2D eigenvalue weighted by atomic mass is 10.1. The zero-order valence-electron chi connectivity index (χ0n) is 9.51. The Morgan fingerprint density at radius 2 is 2.18 bits per heavy atom. The van der Waals surface area contributed by atoms with Crippen molar-refractivity contribution in [3.63, 3.8) is 0 Å². The van der Waals surface area contributed by atoms with E-state index in [1.807, 2.05) is 36.2 Å². The summed E-state index contributed by atoms with van der Waals surface area (Å²) < 4.78 is 0. The van der Waals surface area contributed by atoms with Gasteiger partial charge in [0, 0.05) is 12.4 Å². The molecule has 0 aliphatic carbocycles. The van der Waals surface area contributed by atoms with Crippen LogP contribution in [-0.2, 0) is 0 Å². The number of pyridine rings is 1. The fourth-order valence-electron chi connectivity index (χ4n) is 1.67. The number of nitriles is 1. The highest BCUT2D eigenvalue weighted by Gasteiger charge is 2.07. The van der Waals surface area contributed by atoms with Crippen molar-refractivity contribution in [1.82, 2.24) is 4.98 Å². The zero-order valence-corrected chi connectivity index (χ0v) is 9.51. The van der Waals surface area contributed by atoms with Crippen LogP contribution in [0.5, 0.6) is 0 Å². The van der Waals surface area contributed by atoms with Crippen molar-refractivity contribution in [2.45, 2.75) is 0 Å². The van der Waals surface area contributed by atoms with Crippen molar-refractivity contribution in [2.24, 2.45) is 0 Å². The van der Waals surface area contributed by atoms with Gasteiger partial charge in [0.2, 0.25) is 0 Å². The summed E-state index contributed by atoms with van der Waals surface area (Å²) in [5, 5.41) is 10.0. The lowest BCUT2D eigenvalue weighted by Gasteiger charge is -2.15. The third-order valence-corrected chi connectivity index (χ3v) is 2.54. The van der Waals surface area contributed by atoms with E-state index < -0.39 is 0 Å². The summed E-state index contributed by atoms with van der Waals surface area (Å²) >= 11 is 0. The molecule has 1 heterocycles. The molecular formula is C14H11N3. The minimum Gasteiger partial charge on any atom is -0.348 e. The summed E-state index contributed by atoms with van der Waals surface area (Å²) in [5.74, 6) is 3.28. The molecule has 0 fully saturated rings. The Morgan fingerprint density at radius 1 is 1.41 bits per heavy atom. The molecule has 2 aromatic rings. The van der Waals surface area contributed by atoms with Crippen molar-refractivity contribution < 1.29 is 0 Å². The minimum atomic E-state index is 0.468. The van der Waals surface area contributed by atoms with Crippen LogP contribution in [-0.4, -0.2) is 18.6 Å². The largest absolute Gasteiger partial charge is 0.348 e. The van der Waals surface area contributed by atoms with Gasteiger partial charge in [0.25, 0.3) is 0 Å². The Balaban J connectivity index is 2.62. The Morgan fingerprint density at radius 3 is 2.88 bits per heavy atom. The first-order chi connectivity index (χ1) is 8.26. The van der Waals surface area contributed by atoms with E-state index in [4.69, 9.17) is 11.7 Å². The number of hydrogen-bond acceptors (Lipinski definition) is 3. The number of benzene rings is 1. The van der Waals surface area contributed by atoms with Gasteiger partial charge in [-0.1, -0.05) is 24.1 Å². The minimum absolute atomic E-state index is 0.468. The number of terminal acetylenes is 1. The number of nitrogens with zero attached hydrogens (tertiary/aromatic N) is 3. The summed E-state index contributed by atoms with van der Waals surface area (Å²) in [6.45, 7) is 0.468. The highest BCUT2D eigenvalue weighted by atomic mass is 15.2. The van der Waals surface area contributed by atoms with Crippen molar-refractivity contribution in [2.75, 3.05) is 18.5 Å². The van der Waals surface area contributed by atoms with Crippen molar-refractivity contribution in [3.05, 3.63) is 35.9 Å². The van der Waals surface area contributed by atoms with E-state index in [1.54, 1.807) is 6.07 Å². The fourth-order valence-corrected chi connectivity index (χ4v) is 1.67. The topological polar surface area (TPSA) is 39.9 Å². The normalized spacial score (nSPS) is 9.59. The van der Waals surface area contributed by atoms with Crippen molar-refractivity contribution >= 4 is 16.7 Å². The van der Waals surface area contributed by atoms with Crippen LogP contribution >= 0.6 is 0 Å². The molecule has 3 nitrogen and oxygen atoms in total. The average Bonchev–Trinajstić information content (AvgIpc) is 2.37. The van der Waals surface area contributed by atoms with Crippen LogP contribution < -0.4 is 4.90 Å². The van der Waals surface area contributed by atoms with Gasteiger partial charge in [-0.15, -0.1) is 6.42 Å². The van der Waals surface area contributed by atoms with Crippen LogP contribution in [0.25, 0.3) is 10.9 Å². The molecule has 17 heavy (non-hydrogen) atoms. The molecule has 1 aromatic heterocycles. The molecule has 0 atom stereocenters. The van der Waals surface area contributed by atoms with Gasteiger partial charge in [-0.3, -0.25) is 0 Å². The van der Waals surface area contributed by atoms with Gasteiger partial charge in [0.15, 0.2) is 0 Å². The maximum absolute atomic E-state index is 9.14. The summed E-state index contributed by atoms with van der Waals surface area (Å²) in [6.07, 6.45) is 5.27. The molecule has 3 heteroatoms. The van der Waals surface area contributed by atoms with Gasteiger partial charge in [-0.05, 0) is 12.1 Å². The van der Waals surface area contributed by atoms with Crippen LogP contribution in [0.4, 0.5) is 5.82 Å². The van der Waals surface area contributed by atoms with E-state index in [9.17, 15) is 0 Å². The summed E-state index contributed by atoms with van der Waals surface area (Å²) in [6, 6.07) is 11.5. The Hall–Kier alpha value is -2.52. The van der Waals surface area contributed by atoms with E-state index in [2.05, 4.69) is 17.0 Å². The Labute approximate surface area is 100 Å². The second kappa shape index (κ2) is 4.55. The van der Waals surface area contributed by atoms with Gasteiger partial charge in [-0.2, -0.15) is 5.26 Å². The van der Waals surface area contributed by atoms with Crippen molar-refractivity contribution in [3.8, 4) is 18.4 Å². The molecular weight excluding hydrogens is 210 g/mol. The molecule has 0 saturated heterocycles. The van der Waals surface area contributed by atoms with Crippen LogP contribution in [0.2, 0.25) is 0 Å². The number of rotatable bonds is 2. The fraction of sp³-hybridized carbons (Fsp3) is 0.143. The predicted molar refractivity (Wildman–Crippen MR) is 68.6 cm³/mol. The third-order valence-electron chi connectivity index (χ3n) is 2.54. The maximum Gasteiger partial charge on any atom is 0.131 e. The molecule has 1 aromatic carbocycles. The molecule has 0 saturated carbocycles. The molecule has 0 radical (unpaired) electrons. The zero-order chi connectivity index (χ0) is 12.3. The summed E-state index contributed by atoms with van der Waals surface area (Å²) in [7, 11) is 1.86. The monoisotopic (exact) mass is 221 g/mol. The molecule has 0 N–H and O–H groups in total. The summed E-state index contributed by atoms with van der Waals surface area (Å²) in [5.41, 5.74) is 1.43.